The molecule has 19 heavy (non-hydrogen) atoms. The molecule has 0 amide bonds. The fourth-order valence-electron chi connectivity index (χ4n) is 4.03. The molecule has 4 heteroatoms. The first kappa shape index (κ1) is 12.8. The third-order valence-corrected chi connectivity index (χ3v) is 5.28. The van der Waals surface area contributed by atoms with E-state index >= 15 is 0 Å². The normalized spacial score (nSPS) is 22.9. The molecule has 0 radical (unpaired) electrons. The van der Waals surface area contributed by atoms with Crippen LogP contribution in [0.2, 0.25) is 0 Å². The summed E-state index contributed by atoms with van der Waals surface area (Å²) in [6.45, 7) is 4.28. The van der Waals surface area contributed by atoms with Crippen LogP contribution in [0.1, 0.15) is 50.6 Å². The zero-order valence-corrected chi connectivity index (χ0v) is 12.3. The molecule has 0 aromatic carbocycles. The predicted octanol–water partition coefficient (Wildman–Crippen LogP) is 2.86. The van der Waals surface area contributed by atoms with Crippen molar-refractivity contribution < 1.29 is 0 Å². The molecule has 1 aromatic rings. The fraction of sp³-hybridized carbons (Fsp3) is 0.800. The van der Waals surface area contributed by atoms with Crippen LogP contribution in [0.4, 0.5) is 11.5 Å². The van der Waals surface area contributed by atoms with Gasteiger partial charge >= 0.3 is 0 Å². The van der Waals surface area contributed by atoms with Crippen molar-refractivity contribution in [3.8, 4) is 0 Å². The lowest BCUT2D eigenvalue weighted by molar-refractivity contribution is 0.144. The molecule has 1 aliphatic heterocycles. The number of nitrogens with zero attached hydrogens (tertiary/aromatic N) is 3. The zero-order chi connectivity index (χ0) is 13.5. The van der Waals surface area contributed by atoms with E-state index in [1.54, 1.807) is 0 Å². The molecule has 2 aliphatic rings. The molecule has 1 spiro atoms. The van der Waals surface area contributed by atoms with E-state index in [1.165, 1.54) is 44.9 Å². The summed E-state index contributed by atoms with van der Waals surface area (Å²) in [7, 11) is 2.00. The number of rotatable bonds is 1. The maximum Gasteiger partial charge on any atom is 0.150 e. The van der Waals surface area contributed by atoms with Crippen molar-refractivity contribution >= 4 is 11.5 Å². The summed E-state index contributed by atoms with van der Waals surface area (Å²) in [5, 5.41) is 4.44. The monoisotopic (exact) mass is 262 g/mol. The highest BCUT2D eigenvalue weighted by molar-refractivity contribution is 5.66. The minimum absolute atomic E-state index is 0.650. The van der Waals surface area contributed by atoms with E-state index in [0.717, 1.165) is 30.3 Å². The van der Waals surface area contributed by atoms with Crippen LogP contribution < -0.4 is 10.6 Å². The Morgan fingerprint density at radius 1 is 1.05 bits per heavy atom. The van der Waals surface area contributed by atoms with Gasteiger partial charge in [-0.2, -0.15) is 5.10 Å². The number of anilines is 2. The van der Waals surface area contributed by atoms with Gasteiger partial charge in [0.15, 0.2) is 0 Å². The predicted molar refractivity (Wildman–Crippen MR) is 79.3 cm³/mol. The average Bonchev–Trinajstić information content (AvgIpc) is 2.66. The first-order valence-electron chi connectivity index (χ1n) is 7.65. The Bertz CT molecular complexity index is 447. The Morgan fingerprint density at radius 2 is 1.68 bits per heavy atom. The third-order valence-electron chi connectivity index (χ3n) is 5.28. The zero-order valence-electron chi connectivity index (χ0n) is 12.3. The molecule has 1 saturated carbocycles. The van der Waals surface area contributed by atoms with Gasteiger partial charge in [0.25, 0.3) is 0 Å². The maximum absolute atomic E-state index is 6.18. The molecule has 2 N–H and O–H groups in total. The van der Waals surface area contributed by atoms with E-state index in [9.17, 15) is 0 Å². The summed E-state index contributed by atoms with van der Waals surface area (Å²) in [4.78, 5) is 2.44. The van der Waals surface area contributed by atoms with Gasteiger partial charge in [0.2, 0.25) is 0 Å². The molecule has 2 heterocycles. The van der Waals surface area contributed by atoms with E-state index in [1.807, 2.05) is 18.7 Å². The first-order chi connectivity index (χ1) is 9.11. The number of nitrogen functional groups attached to an aromatic ring is 1. The molecule has 0 atom stereocenters. The number of aryl methyl sites for hydroxylation is 2. The van der Waals surface area contributed by atoms with Crippen LogP contribution in [0.25, 0.3) is 0 Å². The van der Waals surface area contributed by atoms with Gasteiger partial charge in [0.05, 0.1) is 11.4 Å². The minimum Gasteiger partial charge on any atom is -0.394 e. The van der Waals surface area contributed by atoms with Crippen molar-refractivity contribution in [2.24, 2.45) is 12.5 Å². The number of hydrogen-bond acceptors (Lipinski definition) is 3. The lowest BCUT2D eigenvalue weighted by atomic mass is 9.68. The molecule has 106 valence electrons. The number of nitrogens with two attached hydrogens (primary N) is 1. The molecular weight excluding hydrogens is 236 g/mol. The summed E-state index contributed by atoms with van der Waals surface area (Å²) in [6, 6.07) is 0. The molecule has 1 saturated heterocycles. The molecule has 0 bridgehead atoms. The second-order valence-electron chi connectivity index (χ2n) is 6.49. The summed E-state index contributed by atoms with van der Waals surface area (Å²) in [5.74, 6) is 1.13. The topological polar surface area (TPSA) is 47.1 Å². The van der Waals surface area contributed by atoms with E-state index in [0.29, 0.717) is 5.41 Å². The van der Waals surface area contributed by atoms with Crippen LogP contribution in [-0.2, 0) is 7.05 Å². The van der Waals surface area contributed by atoms with Gasteiger partial charge in [-0.15, -0.1) is 0 Å². The Hall–Kier alpha value is -1.19. The molecule has 0 unspecified atom stereocenters. The highest BCUT2D eigenvalue weighted by atomic mass is 15.4. The Kier molecular flexibility index (Phi) is 3.19. The third kappa shape index (κ3) is 2.21. The Labute approximate surface area is 116 Å². The largest absolute Gasteiger partial charge is 0.394 e. The SMILES string of the molecule is Cc1nn(C)c(N2CCC3(CCCCC3)CC2)c1N. The quantitative estimate of drug-likeness (QED) is 0.846. The van der Waals surface area contributed by atoms with E-state index < -0.39 is 0 Å². The van der Waals surface area contributed by atoms with Crippen LogP contribution in [0, 0.1) is 12.3 Å². The number of piperidine rings is 1. The van der Waals surface area contributed by atoms with E-state index in [2.05, 4.69) is 10.00 Å². The van der Waals surface area contributed by atoms with Gasteiger partial charge in [0.1, 0.15) is 5.82 Å². The van der Waals surface area contributed by atoms with Crippen molar-refractivity contribution in [2.75, 3.05) is 23.7 Å². The first-order valence-corrected chi connectivity index (χ1v) is 7.65. The highest BCUT2D eigenvalue weighted by Gasteiger charge is 2.36. The van der Waals surface area contributed by atoms with Crippen LogP contribution in [-0.4, -0.2) is 22.9 Å². The second kappa shape index (κ2) is 4.73. The van der Waals surface area contributed by atoms with Crippen molar-refractivity contribution in [3.05, 3.63) is 5.69 Å². The molecule has 3 rings (SSSR count). The lowest BCUT2D eigenvalue weighted by Gasteiger charge is -2.45. The summed E-state index contributed by atoms with van der Waals surface area (Å²) in [6.07, 6.45) is 9.87. The number of aromatic nitrogens is 2. The Balaban J connectivity index is 1.73. The average molecular weight is 262 g/mol. The van der Waals surface area contributed by atoms with Gasteiger partial charge in [-0.25, -0.2) is 0 Å². The van der Waals surface area contributed by atoms with E-state index in [-0.39, 0.29) is 0 Å². The number of hydrogen-bond donors (Lipinski definition) is 1. The van der Waals surface area contributed by atoms with Gasteiger partial charge in [-0.05, 0) is 38.0 Å². The van der Waals surface area contributed by atoms with Gasteiger partial charge < -0.3 is 10.6 Å². The van der Waals surface area contributed by atoms with Gasteiger partial charge in [-0.1, -0.05) is 19.3 Å². The van der Waals surface area contributed by atoms with Crippen molar-refractivity contribution in [2.45, 2.75) is 51.9 Å². The summed E-state index contributed by atoms with van der Waals surface area (Å²) < 4.78 is 1.95. The smallest absolute Gasteiger partial charge is 0.150 e. The minimum atomic E-state index is 0.650. The van der Waals surface area contributed by atoms with Crippen LogP contribution in [0.3, 0.4) is 0 Å². The standard InChI is InChI=1S/C15H26N4/c1-12-13(16)14(18(2)17-12)19-10-8-15(9-11-19)6-4-3-5-7-15/h3-11,16H2,1-2H3. The molecule has 1 aliphatic carbocycles. The van der Waals surface area contributed by atoms with Crippen LogP contribution >= 0.6 is 0 Å². The lowest BCUT2D eigenvalue weighted by Crippen LogP contribution is -2.42. The van der Waals surface area contributed by atoms with Gasteiger partial charge in [-0.3, -0.25) is 4.68 Å². The molecule has 4 nitrogen and oxygen atoms in total. The van der Waals surface area contributed by atoms with Crippen LogP contribution in [0.5, 0.6) is 0 Å². The Morgan fingerprint density at radius 3 is 2.21 bits per heavy atom. The molecule has 1 aromatic heterocycles. The second-order valence-corrected chi connectivity index (χ2v) is 6.49. The molecule has 2 fully saturated rings. The fourth-order valence-corrected chi connectivity index (χ4v) is 4.03. The summed E-state index contributed by atoms with van der Waals surface area (Å²) >= 11 is 0. The van der Waals surface area contributed by atoms with Crippen molar-refractivity contribution in [1.29, 1.82) is 0 Å². The highest BCUT2D eigenvalue weighted by Crippen LogP contribution is 2.45. The maximum atomic E-state index is 6.18. The van der Waals surface area contributed by atoms with Crippen LogP contribution in [0.15, 0.2) is 0 Å². The van der Waals surface area contributed by atoms with Gasteiger partial charge in [0, 0.05) is 20.1 Å². The van der Waals surface area contributed by atoms with Crippen molar-refractivity contribution in [1.82, 2.24) is 9.78 Å². The molecular formula is C15H26N4. The summed E-state index contributed by atoms with van der Waals surface area (Å²) in [5.41, 5.74) is 8.65. The van der Waals surface area contributed by atoms with Crippen molar-refractivity contribution in [3.63, 3.8) is 0 Å². The van der Waals surface area contributed by atoms with E-state index in [4.69, 9.17) is 5.73 Å².